The lowest BCUT2D eigenvalue weighted by molar-refractivity contribution is -0.136. The molecule has 11 nitrogen and oxygen atoms in total. The number of hydrogen-bond acceptors (Lipinski definition) is 8. The summed E-state index contributed by atoms with van der Waals surface area (Å²) in [4.78, 5) is 72.0. The average Bonchev–Trinajstić information content (AvgIpc) is 3.27. The molecule has 1 unspecified atom stereocenters. The van der Waals surface area contributed by atoms with E-state index in [0.29, 0.717) is 24.0 Å². The van der Waals surface area contributed by atoms with Crippen molar-refractivity contribution in [3.8, 4) is 0 Å². The fourth-order valence-corrected chi connectivity index (χ4v) is 6.28. The van der Waals surface area contributed by atoms with Gasteiger partial charge in [-0.3, -0.25) is 39.1 Å². The van der Waals surface area contributed by atoms with Crippen molar-refractivity contribution in [3.05, 3.63) is 93.7 Å². The van der Waals surface area contributed by atoms with E-state index >= 15 is 0 Å². The van der Waals surface area contributed by atoms with Gasteiger partial charge in [0.05, 0.1) is 11.1 Å². The van der Waals surface area contributed by atoms with Gasteiger partial charge < -0.3 is 10.6 Å². The maximum absolute atomic E-state index is 13.4. The van der Waals surface area contributed by atoms with E-state index < -0.39 is 35.6 Å². The van der Waals surface area contributed by atoms with E-state index in [2.05, 4.69) is 45.2 Å². The summed E-state index contributed by atoms with van der Waals surface area (Å²) in [5, 5.41) is 2.24. The molecule has 2 saturated heterocycles. The fourth-order valence-electron chi connectivity index (χ4n) is 6.28. The fraction of sp³-hybridized carbons (Fsp3) is 0.333. The first-order valence-electron chi connectivity index (χ1n) is 14.9. The number of amides is 5. The Balaban J connectivity index is 1.07. The summed E-state index contributed by atoms with van der Waals surface area (Å²) in [5.41, 5.74) is 10.7. The molecule has 6 rings (SSSR count). The van der Waals surface area contributed by atoms with Crippen LogP contribution >= 0.6 is 0 Å². The third kappa shape index (κ3) is 5.70. The molecule has 5 amide bonds. The highest BCUT2D eigenvalue weighted by Crippen LogP contribution is 2.31. The second-order valence-corrected chi connectivity index (χ2v) is 11.6. The normalized spacial score (nSPS) is 18.9. The molecule has 3 N–H and O–H groups in total. The number of nitrogens with zero attached hydrogens (tertiary/aromatic N) is 4. The van der Waals surface area contributed by atoms with Crippen LogP contribution in [0.25, 0.3) is 0 Å². The molecule has 0 saturated carbocycles. The van der Waals surface area contributed by atoms with E-state index in [1.54, 1.807) is 24.3 Å². The molecule has 1 atom stereocenters. The van der Waals surface area contributed by atoms with Crippen LogP contribution in [-0.4, -0.2) is 76.5 Å². The van der Waals surface area contributed by atoms with Crippen LogP contribution < -0.4 is 16.0 Å². The minimum Gasteiger partial charge on any atom is -0.364 e. The van der Waals surface area contributed by atoms with Crippen molar-refractivity contribution < 1.29 is 24.0 Å². The maximum Gasteiger partial charge on any atom is 0.267 e. The number of benzene rings is 2. The Labute approximate surface area is 255 Å². The van der Waals surface area contributed by atoms with Gasteiger partial charge in [-0.2, -0.15) is 0 Å². The van der Waals surface area contributed by atoms with Gasteiger partial charge in [-0.05, 0) is 66.6 Å². The van der Waals surface area contributed by atoms with Crippen LogP contribution in [0.15, 0.2) is 54.6 Å². The van der Waals surface area contributed by atoms with Crippen LogP contribution in [0.3, 0.4) is 0 Å². The highest BCUT2D eigenvalue weighted by Gasteiger charge is 2.45. The molecular formula is C33H34N6O5. The molecule has 0 bridgehead atoms. The van der Waals surface area contributed by atoms with Crippen molar-refractivity contribution in [2.45, 2.75) is 45.2 Å². The molecule has 1 aromatic heterocycles. The minimum absolute atomic E-state index is 0.0898. The molecule has 4 heterocycles. The standard InChI is InChI=1S/C33H34N6O5/c1-20-18-21(9-11-23(20)19-37-14-16-38(17-15-37)27-7-3-6-25(35-27)30(34)41)8-10-22-4-2-5-24-29(22)33(44)39(32(24)43)26-12-13-28(40)36-31(26)42/h2-7,9,11,18,26H,8,10,12-17,19H2,1H3,(H2,34,41)(H,36,40,42). The first kappa shape index (κ1) is 29.2. The second kappa shape index (κ2) is 12.0. The van der Waals surface area contributed by atoms with E-state index in [9.17, 15) is 24.0 Å². The van der Waals surface area contributed by atoms with E-state index in [-0.39, 0.29) is 18.5 Å². The molecule has 0 aliphatic carbocycles. The molecule has 0 spiro atoms. The number of aromatic nitrogens is 1. The zero-order chi connectivity index (χ0) is 31.0. The first-order valence-corrected chi connectivity index (χ1v) is 14.9. The molecular weight excluding hydrogens is 560 g/mol. The minimum atomic E-state index is -0.976. The molecule has 3 aromatic rings. The number of nitrogens with two attached hydrogens (primary N) is 1. The van der Waals surface area contributed by atoms with Crippen molar-refractivity contribution in [3.63, 3.8) is 0 Å². The third-order valence-electron chi connectivity index (χ3n) is 8.72. The number of anilines is 1. The molecule has 11 heteroatoms. The van der Waals surface area contributed by atoms with Crippen LogP contribution in [0.5, 0.6) is 0 Å². The Morgan fingerprint density at radius 2 is 1.70 bits per heavy atom. The van der Waals surface area contributed by atoms with E-state index in [0.717, 1.165) is 54.6 Å². The zero-order valence-corrected chi connectivity index (χ0v) is 24.5. The van der Waals surface area contributed by atoms with Gasteiger partial charge in [0.1, 0.15) is 17.6 Å². The van der Waals surface area contributed by atoms with Crippen LogP contribution in [0.1, 0.15) is 66.3 Å². The van der Waals surface area contributed by atoms with Crippen LogP contribution in [-0.2, 0) is 29.0 Å². The Kier molecular flexibility index (Phi) is 7.96. The number of pyridine rings is 1. The molecule has 2 fully saturated rings. The van der Waals surface area contributed by atoms with Crippen molar-refractivity contribution in [1.82, 2.24) is 20.1 Å². The number of rotatable bonds is 8. The molecule has 3 aliphatic rings. The highest BCUT2D eigenvalue weighted by atomic mass is 16.2. The van der Waals surface area contributed by atoms with Gasteiger partial charge >= 0.3 is 0 Å². The number of fused-ring (bicyclic) bond motifs is 1. The van der Waals surface area contributed by atoms with Gasteiger partial charge in [-0.25, -0.2) is 4.98 Å². The Hall–Kier alpha value is -4.90. The van der Waals surface area contributed by atoms with Crippen LogP contribution in [0.4, 0.5) is 5.82 Å². The van der Waals surface area contributed by atoms with Crippen molar-refractivity contribution in [1.29, 1.82) is 0 Å². The van der Waals surface area contributed by atoms with Gasteiger partial charge in [-0.1, -0.05) is 36.4 Å². The molecule has 3 aliphatic heterocycles. The Morgan fingerprint density at radius 1 is 0.932 bits per heavy atom. The van der Waals surface area contributed by atoms with Crippen molar-refractivity contribution in [2.24, 2.45) is 5.73 Å². The lowest BCUT2D eigenvalue weighted by atomic mass is 9.95. The lowest BCUT2D eigenvalue weighted by Gasteiger charge is -2.35. The lowest BCUT2D eigenvalue weighted by Crippen LogP contribution is -2.54. The number of carbonyl (C=O) groups excluding carboxylic acids is 5. The molecule has 44 heavy (non-hydrogen) atoms. The molecule has 226 valence electrons. The molecule has 2 aromatic carbocycles. The van der Waals surface area contributed by atoms with E-state index in [1.165, 1.54) is 11.1 Å². The zero-order valence-electron chi connectivity index (χ0n) is 24.5. The van der Waals surface area contributed by atoms with Gasteiger partial charge in [-0.15, -0.1) is 0 Å². The molecule has 0 radical (unpaired) electrons. The first-order chi connectivity index (χ1) is 21.2. The van der Waals surface area contributed by atoms with Gasteiger partial charge in [0.15, 0.2) is 0 Å². The number of aryl methyl sites for hydroxylation is 3. The number of piperidine rings is 1. The quantitative estimate of drug-likeness (QED) is 0.377. The summed E-state index contributed by atoms with van der Waals surface area (Å²) < 4.78 is 0. The number of hydrogen-bond donors (Lipinski definition) is 2. The van der Waals surface area contributed by atoms with E-state index in [1.807, 2.05) is 12.1 Å². The average molecular weight is 595 g/mol. The topological polar surface area (TPSA) is 146 Å². The summed E-state index contributed by atoms with van der Waals surface area (Å²) in [7, 11) is 0. The summed E-state index contributed by atoms with van der Waals surface area (Å²) in [6.07, 6.45) is 1.48. The summed E-state index contributed by atoms with van der Waals surface area (Å²) in [6, 6.07) is 16.1. The largest absolute Gasteiger partial charge is 0.364 e. The summed E-state index contributed by atoms with van der Waals surface area (Å²) >= 11 is 0. The van der Waals surface area contributed by atoms with Crippen molar-refractivity contribution in [2.75, 3.05) is 31.1 Å². The number of imide groups is 2. The van der Waals surface area contributed by atoms with Gasteiger partial charge in [0, 0.05) is 39.1 Å². The monoisotopic (exact) mass is 594 g/mol. The smallest absolute Gasteiger partial charge is 0.267 e. The maximum atomic E-state index is 13.4. The Bertz CT molecular complexity index is 1680. The van der Waals surface area contributed by atoms with Gasteiger partial charge in [0.2, 0.25) is 11.8 Å². The van der Waals surface area contributed by atoms with Crippen molar-refractivity contribution >= 4 is 35.4 Å². The van der Waals surface area contributed by atoms with E-state index in [4.69, 9.17) is 5.73 Å². The predicted octanol–water partition coefficient (Wildman–Crippen LogP) is 2.00. The predicted molar refractivity (Wildman–Crippen MR) is 162 cm³/mol. The summed E-state index contributed by atoms with van der Waals surface area (Å²) in [6.45, 7) is 6.27. The van der Waals surface area contributed by atoms with Crippen LogP contribution in [0, 0.1) is 6.92 Å². The number of primary amides is 1. The SMILES string of the molecule is Cc1cc(CCc2cccc3c2C(=O)N(C2CCC(=O)NC2=O)C3=O)ccc1CN1CCN(c2cccc(C(N)=O)n2)CC1. The number of piperazine rings is 1. The van der Waals surface area contributed by atoms with Gasteiger partial charge in [0.25, 0.3) is 17.7 Å². The third-order valence-corrected chi connectivity index (χ3v) is 8.72. The van der Waals surface area contributed by atoms with Crippen LogP contribution in [0.2, 0.25) is 0 Å². The Morgan fingerprint density at radius 3 is 2.43 bits per heavy atom. The second-order valence-electron chi connectivity index (χ2n) is 11.6. The summed E-state index contributed by atoms with van der Waals surface area (Å²) in [5.74, 6) is -1.73. The number of nitrogens with one attached hydrogen (secondary N) is 1. The number of carbonyl (C=O) groups is 5. The highest BCUT2D eigenvalue weighted by molar-refractivity contribution is 6.24.